The maximum absolute atomic E-state index is 13.1. The maximum atomic E-state index is 13.1. The summed E-state index contributed by atoms with van der Waals surface area (Å²) in [6.07, 6.45) is 5.23. The Balaban J connectivity index is 1.33. The summed E-state index contributed by atoms with van der Waals surface area (Å²) in [5.41, 5.74) is 0.773. The average molecular weight is 585 g/mol. The molecule has 0 radical (unpaired) electrons. The number of likely N-dealkylation sites (tertiary alicyclic amines) is 1. The molecule has 41 heavy (non-hydrogen) atoms. The van der Waals surface area contributed by atoms with Gasteiger partial charge in [-0.2, -0.15) is 0 Å². The number of amides is 1. The topological polar surface area (TPSA) is 141 Å². The lowest BCUT2D eigenvalue weighted by molar-refractivity contribution is -0.160. The summed E-state index contributed by atoms with van der Waals surface area (Å²) in [5, 5.41) is 22.6. The van der Waals surface area contributed by atoms with Gasteiger partial charge in [0, 0.05) is 49.0 Å². The molecule has 2 saturated heterocycles. The van der Waals surface area contributed by atoms with E-state index >= 15 is 0 Å². The molecule has 5 rings (SSSR count). The van der Waals surface area contributed by atoms with Gasteiger partial charge >= 0.3 is 5.97 Å². The highest BCUT2D eigenvalue weighted by atomic mass is 32.1. The first-order valence-corrected chi connectivity index (χ1v) is 14.4. The van der Waals surface area contributed by atoms with E-state index in [9.17, 15) is 24.2 Å². The monoisotopic (exact) mass is 584 g/mol. The Bertz CT molecular complexity index is 1410. The molecular formula is C28H33FN6O5S. The molecule has 13 heteroatoms. The zero-order valence-electron chi connectivity index (χ0n) is 23.0. The van der Waals surface area contributed by atoms with Gasteiger partial charge in [-0.05, 0) is 57.0 Å². The number of aryl methyl sites for hydroxylation is 1. The average Bonchev–Trinajstić information content (AvgIpc) is 3.54. The molecule has 3 aromatic rings. The van der Waals surface area contributed by atoms with Crippen molar-refractivity contribution in [3.8, 4) is 17.0 Å². The number of anilines is 2. The number of alkyl halides is 1. The van der Waals surface area contributed by atoms with E-state index < -0.39 is 24.3 Å². The Labute approximate surface area is 241 Å². The van der Waals surface area contributed by atoms with Gasteiger partial charge in [-0.1, -0.05) is 11.3 Å². The van der Waals surface area contributed by atoms with E-state index in [1.807, 2.05) is 17.9 Å². The van der Waals surface area contributed by atoms with Gasteiger partial charge in [0.25, 0.3) is 5.91 Å². The minimum Gasteiger partial charge on any atom is -0.479 e. The summed E-state index contributed by atoms with van der Waals surface area (Å²) in [6.45, 7) is 5.46. The van der Waals surface area contributed by atoms with E-state index in [0.29, 0.717) is 48.1 Å². The minimum absolute atomic E-state index is 0.0690. The number of halogens is 1. The van der Waals surface area contributed by atoms with E-state index in [2.05, 4.69) is 27.1 Å². The summed E-state index contributed by atoms with van der Waals surface area (Å²) in [5.74, 6) is -0.777. The number of rotatable bonds is 9. The fourth-order valence-electron chi connectivity index (χ4n) is 5.26. The quantitative estimate of drug-likeness (QED) is 0.339. The van der Waals surface area contributed by atoms with Gasteiger partial charge in [0.2, 0.25) is 6.86 Å². The Kier molecular flexibility index (Phi) is 8.47. The van der Waals surface area contributed by atoms with Gasteiger partial charge in [0.1, 0.15) is 17.3 Å². The number of carbonyl (C=O) groups is 2. The van der Waals surface area contributed by atoms with E-state index in [-0.39, 0.29) is 18.5 Å². The van der Waals surface area contributed by atoms with Gasteiger partial charge in [-0.15, -0.1) is 0 Å². The Morgan fingerprint density at radius 1 is 1.20 bits per heavy atom. The van der Waals surface area contributed by atoms with Crippen LogP contribution in [0.3, 0.4) is 0 Å². The smallest absolute Gasteiger partial charge is 0.335 e. The van der Waals surface area contributed by atoms with Crippen molar-refractivity contribution >= 4 is 34.2 Å². The van der Waals surface area contributed by atoms with E-state index in [4.69, 9.17) is 9.72 Å². The number of aliphatic carboxylic acids is 1. The van der Waals surface area contributed by atoms with Crippen LogP contribution in [-0.4, -0.2) is 80.1 Å². The molecule has 2 aromatic heterocycles. The van der Waals surface area contributed by atoms with Crippen LogP contribution in [0.2, 0.25) is 0 Å². The zero-order valence-corrected chi connectivity index (χ0v) is 23.8. The van der Waals surface area contributed by atoms with E-state index in [1.54, 1.807) is 12.1 Å². The summed E-state index contributed by atoms with van der Waals surface area (Å²) in [6, 6.07) is 5.92. The third-order valence-electron chi connectivity index (χ3n) is 7.68. The molecular weight excluding hydrogens is 551 g/mol. The summed E-state index contributed by atoms with van der Waals surface area (Å²) < 4.78 is 18.0. The van der Waals surface area contributed by atoms with Crippen molar-refractivity contribution < 1.29 is 28.9 Å². The number of carboxylic acids is 1. The Hall–Kier alpha value is -3.68. The van der Waals surface area contributed by atoms with E-state index in [0.717, 1.165) is 35.4 Å². The fourth-order valence-corrected chi connectivity index (χ4v) is 6.27. The molecule has 0 spiro atoms. The van der Waals surface area contributed by atoms with Crippen LogP contribution in [0, 0.1) is 6.92 Å². The van der Waals surface area contributed by atoms with Crippen molar-refractivity contribution in [3.63, 3.8) is 0 Å². The molecule has 2 aliphatic heterocycles. The van der Waals surface area contributed by atoms with Crippen LogP contribution in [0.25, 0.3) is 11.3 Å². The summed E-state index contributed by atoms with van der Waals surface area (Å²) >= 11 is 1.39. The first-order valence-electron chi connectivity index (χ1n) is 13.5. The second kappa shape index (κ2) is 12.0. The molecule has 11 nitrogen and oxygen atoms in total. The number of nitrogens with zero attached hydrogens (tertiary/aromatic N) is 5. The first-order chi connectivity index (χ1) is 19.6. The number of carbonyl (C=O) groups excluding carboxylic acids is 1. The number of hydrogen-bond donors (Lipinski definition) is 3. The molecule has 1 aromatic carbocycles. The van der Waals surface area contributed by atoms with Crippen LogP contribution < -0.4 is 15.0 Å². The highest BCUT2D eigenvalue weighted by Gasteiger charge is 2.39. The maximum Gasteiger partial charge on any atom is 0.335 e. The Morgan fingerprint density at radius 2 is 1.98 bits per heavy atom. The molecule has 2 aliphatic rings. The lowest BCUT2D eigenvalue weighted by Gasteiger charge is -2.35. The highest BCUT2D eigenvalue weighted by molar-refractivity contribution is 7.16. The zero-order chi connectivity index (χ0) is 29.1. The van der Waals surface area contributed by atoms with Gasteiger partial charge in [-0.3, -0.25) is 15.0 Å². The normalized spacial score (nSPS) is 18.8. The minimum atomic E-state index is -1.73. The van der Waals surface area contributed by atoms with Crippen molar-refractivity contribution in [2.45, 2.75) is 57.7 Å². The third-order valence-corrected chi connectivity index (χ3v) is 8.64. The number of piperidine rings is 1. The predicted octanol–water partition coefficient (Wildman–Crippen LogP) is 3.87. The second-order valence-corrected chi connectivity index (χ2v) is 11.7. The third kappa shape index (κ3) is 6.47. The number of thiazole rings is 1. The van der Waals surface area contributed by atoms with Gasteiger partial charge in [-0.25, -0.2) is 24.1 Å². The molecule has 1 atom stereocenters. The number of aliphatic hydroxyl groups is 1. The molecule has 0 saturated carbocycles. The first kappa shape index (κ1) is 28.8. The summed E-state index contributed by atoms with van der Waals surface area (Å²) in [7, 11) is 0. The summed E-state index contributed by atoms with van der Waals surface area (Å²) in [4.78, 5) is 42.9. The van der Waals surface area contributed by atoms with Crippen LogP contribution in [0.4, 0.5) is 15.3 Å². The van der Waals surface area contributed by atoms with E-state index in [1.165, 1.54) is 23.7 Å². The van der Waals surface area contributed by atoms with Crippen LogP contribution in [0.1, 0.15) is 53.5 Å². The molecule has 218 valence electrons. The number of aromatic nitrogens is 3. The van der Waals surface area contributed by atoms with Crippen LogP contribution in [0.15, 0.2) is 30.6 Å². The lowest BCUT2D eigenvalue weighted by Crippen LogP contribution is -2.49. The highest BCUT2D eigenvalue weighted by Crippen LogP contribution is 2.36. The van der Waals surface area contributed by atoms with Gasteiger partial charge in [0.05, 0.1) is 18.1 Å². The molecule has 0 unspecified atom stereocenters. The van der Waals surface area contributed by atoms with Crippen LogP contribution >= 0.6 is 11.3 Å². The van der Waals surface area contributed by atoms with Crippen molar-refractivity contribution in [2.75, 3.05) is 36.7 Å². The van der Waals surface area contributed by atoms with Crippen molar-refractivity contribution in [3.05, 3.63) is 46.7 Å². The lowest BCUT2D eigenvalue weighted by atomic mass is 9.92. The Morgan fingerprint density at radius 3 is 2.61 bits per heavy atom. The molecule has 0 aliphatic carbocycles. The SMILES string of the molecule is Cc1cc(OCF)cc(-c2nc(NC(=O)c3cnc(N4CCC(O)(C(=O)O)CC4)cn3)sc2CN2CCC[C@H]2C)c1. The largest absolute Gasteiger partial charge is 0.479 e. The van der Waals surface area contributed by atoms with Crippen molar-refractivity contribution in [1.82, 2.24) is 19.9 Å². The van der Waals surface area contributed by atoms with Gasteiger partial charge < -0.3 is 19.8 Å². The fraction of sp³-hybridized carbons (Fsp3) is 0.464. The second-order valence-electron chi connectivity index (χ2n) is 10.6. The standard InChI is InChI=1S/C28H33FN6O5S/c1-17-10-19(12-20(11-17)40-16-29)24-22(15-35-7-3-4-18(35)2)41-27(32-24)33-25(36)21-13-31-23(14-30-21)34-8-5-28(39,6-9-34)26(37)38/h10-14,18,39H,3-9,15-16H2,1-2H3,(H,37,38)(H,32,33,36)/t18-/m1/s1. The predicted molar refractivity (Wildman–Crippen MR) is 152 cm³/mol. The molecule has 2 fully saturated rings. The number of carboxylic acid groups (broad SMARTS) is 1. The molecule has 0 bridgehead atoms. The van der Waals surface area contributed by atoms with Gasteiger partial charge in [0.15, 0.2) is 10.7 Å². The number of hydrogen-bond acceptors (Lipinski definition) is 10. The van der Waals surface area contributed by atoms with Crippen LogP contribution in [0.5, 0.6) is 5.75 Å². The number of nitrogens with one attached hydrogen (secondary N) is 1. The molecule has 1 amide bonds. The molecule has 3 N–H and O–H groups in total. The molecule has 4 heterocycles. The van der Waals surface area contributed by atoms with Crippen molar-refractivity contribution in [2.24, 2.45) is 0 Å². The van der Waals surface area contributed by atoms with Crippen molar-refractivity contribution in [1.29, 1.82) is 0 Å². The van der Waals surface area contributed by atoms with Crippen LogP contribution in [-0.2, 0) is 11.3 Å². The number of ether oxygens (including phenoxy) is 1. The number of benzene rings is 1.